The average Bonchev–Trinajstić information content (AvgIpc) is 3.19. The molecule has 9 heteroatoms. The van der Waals surface area contributed by atoms with Crippen LogP contribution in [0.1, 0.15) is 17.4 Å². The molecular formula is C16H14FN3O4S. The van der Waals surface area contributed by atoms with Crippen LogP contribution >= 0.6 is 11.3 Å². The van der Waals surface area contributed by atoms with Crippen molar-refractivity contribution in [3.8, 4) is 10.6 Å². The van der Waals surface area contributed by atoms with Gasteiger partial charge in [0.05, 0.1) is 18.8 Å². The monoisotopic (exact) mass is 363 g/mol. The molecule has 2 heterocycles. The molecule has 0 saturated carbocycles. The third-order valence-electron chi connectivity index (χ3n) is 3.59. The highest BCUT2D eigenvalue weighted by molar-refractivity contribution is 7.13. The highest BCUT2D eigenvalue weighted by atomic mass is 32.1. The maximum atomic E-state index is 14.4. The normalized spacial score (nSPS) is 16.6. The number of aldehydes is 1. The number of nitrogens with zero attached hydrogens (tertiary/aromatic N) is 2. The zero-order chi connectivity index (χ0) is 18.0. The number of cyclic esters (lactones) is 1. The van der Waals surface area contributed by atoms with Gasteiger partial charge in [-0.15, -0.1) is 11.3 Å². The number of carbonyl (C=O) groups is 3. The summed E-state index contributed by atoms with van der Waals surface area (Å²) in [7, 11) is 0. The van der Waals surface area contributed by atoms with Gasteiger partial charge in [-0.05, 0) is 18.2 Å². The van der Waals surface area contributed by atoms with E-state index in [0.29, 0.717) is 17.0 Å². The van der Waals surface area contributed by atoms with Crippen LogP contribution < -0.4 is 10.2 Å². The molecule has 0 spiro atoms. The topological polar surface area (TPSA) is 88.6 Å². The number of amides is 2. The van der Waals surface area contributed by atoms with E-state index < -0.39 is 18.0 Å². The van der Waals surface area contributed by atoms with E-state index in [9.17, 15) is 18.8 Å². The second-order valence-electron chi connectivity index (χ2n) is 5.41. The second-order valence-corrected chi connectivity index (χ2v) is 6.27. The Morgan fingerprint density at radius 3 is 3.00 bits per heavy atom. The Hall–Kier alpha value is -2.81. The van der Waals surface area contributed by atoms with Gasteiger partial charge in [0.2, 0.25) is 5.91 Å². The lowest BCUT2D eigenvalue weighted by Crippen LogP contribution is -2.33. The largest absolute Gasteiger partial charge is 0.442 e. The standard InChI is InChI=1S/C16H14FN3O4S/c1-9(22)18-5-12-6-20(16(23)24-12)11-2-3-13(14(17)4-11)15-19-10(7-21)8-25-15/h2-4,7-8,12H,5-6H2,1H3,(H,18,22). The number of hydrogen-bond donors (Lipinski definition) is 1. The summed E-state index contributed by atoms with van der Waals surface area (Å²) in [5.74, 6) is -0.773. The number of nitrogens with one attached hydrogen (secondary N) is 1. The van der Waals surface area contributed by atoms with Crippen LogP contribution in [0.2, 0.25) is 0 Å². The van der Waals surface area contributed by atoms with Crippen molar-refractivity contribution in [3.05, 3.63) is 35.1 Å². The number of halogens is 1. The van der Waals surface area contributed by atoms with Gasteiger partial charge < -0.3 is 10.1 Å². The van der Waals surface area contributed by atoms with Crippen molar-refractivity contribution >= 4 is 35.3 Å². The highest BCUT2D eigenvalue weighted by Crippen LogP contribution is 2.30. The molecule has 3 rings (SSSR count). The van der Waals surface area contributed by atoms with Crippen LogP contribution in [-0.2, 0) is 9.53 Å². The van der Waals surface area contributed by atoms with E-state index in [-0.39, 0.29) is 30.3 Å². The Labute approximate surface area is 146 Å². The molecule has 0 bridgehead atoms. The molecule has 1 aromatic heterocycles. The number of ether oxygens (including phenoxy) is 1. The molecule has 1 aliphatic heterocycles. The Morgan fingerprint density at radius 2 is 2.36 bits per heavy atom. The number of rotatable bonds is 5. The highest BCUT2D eigenvalue weighted by Gasteiger charge is 2.32. The maximum absolute atomic E-state index is 14.4. The van der Waals surface area contributed by atoms with Crippen molar-refractivity contribution < 1.29 is 23.5 Å². The van der Waals surface area contributed by atoms with Crippen molar-refractivity contribution in [2.45, 2.75) is 13.0 Å². The van der Waals surface area contributed by atoms with Crippen LogP contribution in [0.25, 0.3) is 10.6 Å². The van der Waals surface area contributed by atoms with Crippen LogP contribution in [-0.4, -0.2) is 42.5 Å². The van der Waals surface area contributed by atoms with Crippen LogP contribution in [0.3, 0.4) is 0 Å². The molecule has 0 radical (unpaired) electrons. The van der Waals surface area contributed by atoms with Crippen LogP contribution in [0.5, 0.6) is 0 Å². The predicted octanol–water partition coefficient (Wildman–Crippen LogP) is 2.22. The third kappa shape index (κ3) is 3.66. The molecule has 1 atom stereocenters. The zero-order valence-corrected chi connectivity index (χ0v) is 14.0. The number of carbonyl (C=O) groups excluding carboxylic acids is 3. The van der Waals surface area contributed by atoms with Gasteiger partial charge in [-0.1, -0.05) is 0 Å². The fourth-order valence-electron chi connectivity index (χ4n) is 2.41. The fraction of sp³-hybridized carbons (Fsp3) is 0.250. The quantitative estimate of drug-likeness (QED) is 0.823. The van der Waals surface area contributed by atoms with Gasteiger partial charge in [-0.2, -0.15) is 0 Å². The van der Waals surface area contributed by atoms with E-state index in [1.807, 2.05) is 0 Å². The molecule has 2 amide bonds. The van der Waals surface area contributed by atoms with E-state index in [2.05, 4.69) is 10.3 Å². The summed E-state index contributed by atoms with van der Waals surface area (Å²) >= 11 is 1.16. The molecule has 0 aliphatic carbocycles. The van der Waals surface area contributed by atoms with Gasteiger partial charge in [0.1, 0.15) is 22.6 Å². The van der Waals surface area contributed by atoms with Crippen molar-refractivity contribution in [2.24, 2.45) is 0 Å². The molecule has 1 unspecified atom stereocenters. The van der Waals surface area contributed by atoms with Crippen LogP contribution in [0.4, 0.5) is 14.9 Å². The zero-order valence-electron chi connectivity index (χ0n) is 13.2. The van der Waals surface area contributed by atoms with E-state index in [4.69, 9.17) is 4.74 Å². The first-order valence-electron chi connectivity index (χ1n) is 7.41. The summed E-state index contributed by atoms with van der Waals surface area (Å²) in [6.45, 7) is 1.79. The number of hydrogen-bond acceptors (Lipinski definition) is 6. The van der Waals surface area contributed by atoms with Crippen molar-refractivity contribution in [1.82, 2.24) is 10.3 Å². The van der Waals surface area contributed by atoms with Gasteiger partial charge >= 0.3 is 6.09 Å². The molecule has 1 N–H and O–H groups in total. The molecular weight excluding hydrogens is 349 g/mol. The van der Waals surface area contributed by atoms with E-state index in [1.165, 1.54) is 24.0 Å². The van der Waals surface area contributed by atoms with E-state index in [0.717, 1.165) is 11.3 Å². The second kappa shape index (κ2) is 6.98. The minimum atomic E-state index is -0.597. The number of benzene rings is 1. The Kier molecular flexibility index (Phi) is 4.75. The number of aromatic nitrogens is 1. The number of thiazole rings is 1. The lowest BCUT2D eigenvalue weighted by atomic mass is 10.2. The van der Waals surface area contributed by atoms with E-state index in [1.54, 1.807) is 11.4 Å². The molecule has 1 fully saturated rings. The van der Waals surface area contributed by atoms with Crippen LogP contribution in [0, 0.1) is 5.82 Å². The summed E-state index contributed by atoms with van der Waals surface area (Å²) in [5.41, 5.74) is 0.848. The molecule has 1 saturated heterocycles. The molecule has 25 heavy (non-hydrogen) atoms. The molecule has 2 aromatic rings. The smallest absolute Gasteiger partial charge is 0.414 e. The summed E-state index contributed by atoms with van der Waals surface area (Å²) in [6.07, 6.45) is -0.491. The van der Waals surface area contributed by atoms with Crippen molar-refractivity contribution in [2.75, 3.05) is 18.0 Å². The lowest BCUT2D eigenvalue weighted by Gasteiger charge is -2.14. The maximum Gasteiger partial charge on any atom is 0.414 e. The summed E-state index contributed by atoms with van der Waals surface area (Å²) in [6, 6.07) is 4.31. The van der Waals surface area contributed by atoms with Gasteiger partial charge in [-0.25, -0.2) is 14.2 Å². The third-order valence-corrected chi connectivity index (χ3v) is 4.48. The van der Waals surface area contributed by atoms with Crippen molar-refractivity contribution in [1.29, 1.82) is 0 Å². The van der Waals surface area contributed by atoms with Gasteiger partial charge in [-0.3, -0.25) is 14.5 Å². The lowest BCUT2D eigenvalue weighted by molar-refractivity contribution is -0.119. The first-order chi connectivity index (χ1) is 12.0. The predicted molar refractivity (Wildman–Crippen MR) is 89.2 cm³/mol. The SMILES string of the molecule is CC(=O)NCC1CN(c2ccc(-c3nc(C=O)cs3)c(F)c2)C(=O)O1. The molecule has 130 valence electrons. The molecule has 1 aromatic carbocycles. The molecule has 7 nitrogen and oxygen atoms in total. The van der Waals surface area contributed by atoms with Gasteiger partial charge in [0.15, 0.2) is 6.29 Å². The summed E-state index contributed by atoms with van der Waals surface area (Å²) in [4.78, 5) is 38.9. The first kappa shape index (κ1) is 17.0. The fourth-order valence-corrected chi connectivity index (χ4v) is 3.20. The summed E-state index contributed by atoms with van der Waals surface area (Å²) in [5, 5.41) is 4.51. The van der Waals surface area contributed by atoms with Crippen LogP contribution in [0.15, 0.2) is 23.6 Å². The minimum absolute atomic E-state index is 0.200. The van der Waals surface area contributed by atoms with Gasteiger partial charge in [0.25, 0.3) is 0 Å². The average molecular weight is 363 g/mol. The minimum Gasteiger partial charge on any atom is -0.442 e. The van der Waals surface area contributed by atoms with Crippen molar-refractivity contribution in [3.63, 3.8) is 0 Å². The Bertz CT molecular complexity index is 839. The first-order valence-corrected chi connectivity index (χ1v) is 8.29. The number of anilines is 1. The summed E-state index contributed by atoms with van der Waals surface area (Å²) < 4.78 is 19.6. The van der Waals surface area contributed by atoms with Gasteiger partial charge in [0, 0.05) is 17.9 Å². The van der Waals surface area contributed by atoms with E-state index >= 15 is 0 Å². The Balaban J connectivity index is 1.77. The molecule has 1 aliphatic rings. The Morgan fingerprint density at radius 1 is 1.56 bits per heavy atom.